The van der Waals surface area contributed by atoms with Crippen LogP contribution in [0.3, 0.4) is 0 Å². The second kappa shape index (κ2) is 7.99. The molecule has 0 saturated heterocycles. The van der Waals surface area contributed by atoms with Crippen LogP contribution in [0.4, 0.5) is 0 Å². The Kier molecular flexibility index (Phi) is 5.23. The highest BCUT2D eigenvalue weighted by Crippen LogP contribution is 2.32. The number of hydrogen-bond donors (Lipinski definition) is 3. The van der Waals surface area contributed by atoms with Crippen molar-refractivity contribution in [1.82, 2.24) is 20.5 Å². The molecule has 152 valence electrons. The van der Waals surface area contributed by atoms with Gasteiger partial charge < -0.3 is 10.4 Å². The van der Waals surface area contributed by atoms with Gasteiger partial charge in [-0.25, -0.2) is 0 Å². The molecule has 0 saturated carbocycles. The van der Waals surface area contributed by atoms with Gasteiger partial charge in [-0.3, -0.25) is 14.9 Å². The topological polar surface area (TPSA) is 90.9 Å². The monoisotopic (exact) mass is 400 g/mol. The zero-order chi connectivity index (χ0) is 21.1. The summed E-state index contributed by atoms with van der Waals surface area (Å²) >= 11 is 0. The van der Waals surface area contributed by atoms with E-state index in [-0.39, 0.29) is 22.6 Å². The molecule has 0 aliphatic rings. The van der Waals surface area contributed by atoms with Crippen molar-refractivity contribution >= 4 is 16.8 Å². The molecule has 4 rings (SSSR count). The lowest BCUT2D eigenvalue weighted by atomic mass is 9.84. The number of aromatic hydroxyl groups is 1. The summed E-state index contributed by atoms with van der Waals surface area (Å²) in [4.78, 5) is 16.8. The summed E-state index contributed by atoms with van der Waals surface area (Å²) in [5.41, 5.74) is 4.02. The van der Waals surface area contributed by atoms with Gasteiger partial charge in [0, 0.05) is 29.9 Å². The number of para-hydroxylation sites is 2. The average molecular weight is 400 g/mol. The molecule has 0 aliphatic carbocycles. The molecule has 0 aliphatic heterocycles. The number of fused-ring (bicyclic) bond motifs is 1. The highest BCUT2D eigenvalue weighted by atomic mass is 16.3. The number of phenols is 1. The fourth-order valence-corrected chi connectivity index (χ4v) is 3.62. The standard InChI is InChI=1S/C24H24N4O2/c1-24(2,15-26-23(30)18-8-4-6-10-21(18)29)13-16-11-12-25-14-19(16)22-17-7-3-5-9-20(17)27-28-22/h3-12,14,29H,13,15H2,1-2H3,(H,26,30)(H,27,28). The van der Waals surface area contributed by atoms with Gasteiger partial charge >= 0.3 is 0 Å². The Morgan fingerprint density at radius 3 is 2.70 bits per heavy atom. The van der Waals surface area contributed by atoms with E-state index in [0.717, 1.165) is 34.1 Å². The van der Waals surface area contributed by atoms with Crippen molar-refractivity contribution in [3.63, 3.8) is 0 Å². The minimum absolute atomic E-state index is 0.0189. The SMILES string of the molecule is CC(C)(CNC(=O)c1ccccc1O)Cc1ccncc1-c1n[nH]c2ccccc12. The molecule has 2 aromatic heterocycles. The molecule has 6 heteroatoms. The van der Waals surface area contributed by atoms with Gasteiger partial charge in [0.25, 0.3) is 5.91 Å². The van der Waals surface area contributed by atoms with E-state index in [2.05, 4.69) is 34.3 Å². The third-order valence-corrected chi connectivity index (χ3v) is 5.18. The number of benzene rings is 2. The van der Waals surface area contributed by atoms with Gasteiger partial charge in [0.1, 0.15) is 11.4 Å². The predicted molar refractivity (Wildman–Crippen MR) is 117 cm³/mol. The van der Waals surface area contributed by atoms with Crippen LogP contribution in [0.25, 0.3) is 22.2 Å². The maximum Gasteiger partial charge on any atom is 0.255 e. The summed E-state index contributed by atoms with van der Waals surface area (Å²) in [5.74, 6) is -0.302. The number of carbonyl (C=O) groups excluding carboxylic acids is 1. The molecule has 0 unspecified atom stereocenters. The van der Waals surface area contributed by atoms with Crippen LogP contribution in [-0.4, -0.2) is 32.7 Å². The van der Waals surface area contributed by atoms with E-state index >= 15 is 0 Å². The van der Waals surface area contributed by atoms with Crippen LogP contribution in [0, 0.1) is 5.41 Å². The van der Waals surface area contributed by atoms with Gasteiger partial charge in [-0.1, -0.05) is 44.2 Å². The number of aromatic amines is 1. The van der Waals surface area contributed by atoms with Crippen LogP contribution in [0.2, 0.25) is 0 Å². The first kappa shape index (κ1) is 19.6. The zero-order valence-corrected chi connectivity index (χ0v) is 17.0. The summed E-state index contributed by atoms with van der Waals surface area (Å²) in [6.45, 7) is 4.67. The van der Waals surface area contributed by atoms with Gasteiger partial charge in [-0.2, -0.15) is 5.10 Å². The molecular weight excluding hydrogens is 376 g/mol. The molecule has 1 amide bonds. The molecule has 0 fully saturated rings. The van der Waals surface area contributed by atoms with Crippen molar-refractivity contribution in [2.75, 3.05) is 6.54 Å². The zero-order valence-electron chi connectivity index (χ0n) is 17.0. The van der Waals surface area contributed by atoms with Crippen molar-refractivity contribution in [2.45, 2.75) is 20.3 Å². The van der Waals surface area contributed by atoms with Gasteiger partial charge in [-0.15, -0.1) is 0 Å². The first-order chi connectivity index (χ1) is 14.4. The van der Waals surface area contributed by atoms with Crippen LogP contribution in [0.15, 0.2) is 67.0 Å². The molecular formula is C24H24N4O2. The minimum atomic E-state index is -0.283. The molecule has 6 nitrogen and oxygen atoms in total. The Bertz CT molecular complexity index is 1200. The predicted octanol–water partition coefficient (Wildman–Crippen LogP) is 4.33. The van der Waals surface area contributed by atoms with Crippen LogP contribution >= 0.6 is 0 Å². The molecule has 2 aromatic carbocycles. The number of amides is 1. The van der Waals surface area contributed by atoms with Gasteiger partial charge in [0.15, 0.2) is 0 Å². The molecule has 4 aromatic rings. The fraction of sp³-hybridized carbons (Fsp3) is 0.208. The maximum atomic E-state index is 12.5. The highest BCUT2D eigenvalue weighted by Gasteiger charge is 2.23. The average Bonchev–Trinajstić information content (AvgIpc) is 3.17. The van der Waals surface area contributed by atoms with E-state index < -0.39 is 0 Å². The first-order valence-corrected chi connectivity index (χ1v) is 9.87. The van der Waals surface area contributed by atoms with Gasteiger partial charge in [-0.05, 0) is 41.7 Å². The second-order valence-electron chi connectivity index (χ2n) is 8.19. The number of H-pyrrole nitrogens is 1. The van der Waals surface area contributed by atoms with E-state index in [1.807, 2.05) is 36.5 Å². The summed E-state index contributed by atoms with van der Waals surface area (Å²) in [6.07, 6.45) is 4.35. The van der Waals surface area contributed by atoms with Crippen molar-refractivity contribution in [3.8, 4) is 17.0 Å². The van der Waals surface area contributed by atoms with Crippen molar-refractivity contribution in [3.05, 3.63) is 78.1 Å². The number of carbonyl (C=O) groups is 1. The molecule has 0 atom stereocenters. The Hall–Kier alpha value is -3.67. The molecule has 3 N–H and O–H groups in total. The highest BCUT2D eigenvalue weighted by molar-refractivity contribution is 5.96. The Morgan fingerprint density at radius 2 is 1.87 bits per heavy atom. The van der Waals surface area contributed by atoms with E-state index in [9.17, 15) is 9.90 Å². The lowest BCUT2D eigenvalue weighted by Gasteiger charge is -2.26. The minimum Gasteiger partial charge on any atom is -0.507 e. The first-order valence-electron chi connectivity index (χ1n) is 9.87. The van der Waals surface area contributed by atoms with Crippen molar-refractivity contribution in [2.24, 2.45) is 5.41 Å². The van der Waals surface area contributed by atoms with Crippen LogP contribution in [-0.2, 0) is 6.42 Å². The number of rotatable bonds is 6. The molecule has 0 bridgehead atoms. The molecule has 0 spiro atoms. The normalized spacial score (nSPS) is 11.5. The van der Waals surface area contributed by atoms with E-state index in [0.29, 0.717) is 6.54 Å². The molecule has 2 heterocycles. The van der Waals surface area contributed by atoms with E-state index in [1.54, 1.807) is 24.4 Å². The number of nitrogens with zero attached hydrogens (tertiary/aromatic N) is 2. The van der Waals surface area contributed by atoms with E-state index in [4.69, 9.17) is 0 Å². The Balaban J connectivity index is 1.54. The van der Waals surface area contributed by atoms with Crippen LogP contribution in [0.1, 0.15) is 29.8 Å². The number of pyridine rings is 1. The second-order valence-corrected chi connectivity index (χ2v) is 8.19. The quantitative estimate of drug-likeness (QED) is 0.449. The number of phenolic OH excluding ortho intramolecular Hbond substituents is 1. The maximum absolute atomic E-state index is 12.5. The summed E-state index contributed by atoms with van der Waals surface area (Å²) in [7, 11) is 0. The molecule has 30 heavy (non-hydrogen) atoms. The van der Waals surface area contributed by atoms with Gasteiger partial charge in [0.2, 0.25) is 0 Å². The summed E-state index contributed by atoms with van der Waals surface area (Å²) in [6, 6.07) is 16.6. The lowest BCUT2D eigenvalue weighted by molar-refractivity contribution is 0.0933. The van der Waals surface area contributed by atoms with E-state index in [1.165, 1.54) is 6.07 Å². The van der Waals surface area contributed by atoms with Crippen LogP contribution in [0.5, 0.6) is 5.75 Å². The largest absolute Gasteiger partial charge is 0.507 e. The molecule has 0 radical (unpaired) electrons. The summed E-state index contributed by atoms with van der Waals surface area (Å²) in [5, 5.41) is 21.5. The van der Waals surface area contributed by atoms with Crippen LogP contribution < -0.4 is 5.32 Å². The number of aromatic nitrogens is 3. The lowest BCUT2D eigenvalue weighted by Crippen LogP contribution is -2.35. The third kappa shape index (κ3) is 4.03. The third-order valence-electron chi connectivity index (χ3n) is 5.18. The smallest absolute Gasteiger partial charge is 0.255 e. The Labute approximate surface area is 175 Å². The summed E-state index contributed by atoms with van der Waals surface area (Å²) < 4.78 is 0. The van der Waals surface area contributed by atoms with Gasteiger partial charge in [0.05, 0.1) is 11.1 Å². The fourth-order valence-electron chi connectivity index (χ4n) is 3.62. The Morgan fingerprint density at radius 1 is 1.10 bits per heavy atom. The van der Waals surface area contributed by atoms with Crippen molar-refractivity contribution < 1.29 is 9.90 Å². The number of nitrogens with one attached hydrogen (secondary N) is 2. The van der Waals surface area contributed by atoms with Crippen molar-refractivity contribution in [1.29, 1.82) is 0 Å². The number of hydrogen-bond acceptors (Lipinski definition) is 4.